The molecule has 0 aliphatic heterocycles. The summed E-state index contributed by atoms with van der Waals surface area (Å²) in [6.45, 7) is 15.1. The molecule has 0 amide bonds. The Hall–Kier alpha value is -1.65. The molecule has 0 atom stereocenters. The van der Waals surface area contributed by atoms with Crippen LogP contribution >= 0.6 is 0 Å². The number of carbonyl (C=O) groups excluding carboxylic acids is 1. The van der Waals surface area contributed by atoms with Gasteiger partial charge in [-0.1, -0.05) is 50.9 Å². The van der Waals surface area contributed by atoms with E-state index in [1.165, 1.54) is 17.1 Å². The normalized spacial score (nSPS) is 12.9. The summed E-state index contributed by atoms with van der Waals surface area (Å²) in [5, 5.41) is 2.33. The van der Waals surface area contributed by atoms with Crippen LogP contribution in [0, 0.1) is 6.92 Å². The average Bonchev–Trinajstić information content (AvgIpc) is 3.00. The van der Waals surface area contributed by atoms with Gasteiger partial charge in [-0.2, -0.15) is 0 Å². The fourth-order valence-electron chi connectivity index (χ4n) is 3.02. The van der Waals surface area contributed by atoms with Gasteiger partial charge < -0.3 is 4.74 Å². The minimum absolute atomic E-state index is 0.0285. The van der Waals surface area contributed by atoms with Crippen molar-refractivity contribution in [1.29, 1.82) is 0 Å². The minimum Gasteiger partial charge on any atom is -0.465 e. The molecule has 0 radical (unpaired) electrons. The highest BCUT2D eigenvalue weighted by Crippen LogP contribution is 2.22. The third kappa shape index (κ3) is 4.28. The topological polar surface area (TPSA) is 65.4 Å². The number of hydrogen-bond acceptors (Lipinski definition) is 4. The molecule has 8 heteroatoms. The Bertz CT molecular complexity index is 949. The fraction of sp³-hybridized carbons (Fsp3) is 0.421. The molecule has 2 aromatic rings. The highest BCUT2D eigenvalue weighted by atomic mass is 32.2. The first-order chi connectivity index (χ1) is 12.2. The van der Waals surface area contributed by atoms with Crippen molar-refractivity contribution in [3.8, 4) is 0 Å². The Balaban J connectivity index is 2.76. The Kier molecular flexibility index (Phi) is 5.67. The number of esters is 1. The van der Waals surface area contributed by atoms with Gasteiger partial charge in [0.05, 0.1) is 28.8 Å². The molecule has 5 nitrogen and oxygen atoms in total. The lowest BCUT2D eigenvalue weighted by Crippen LogP contribution is -2.54. The van der Waals surface area contributed by atoms with Crippen LogP contribution in [0.25, 0.3) is 0 Å². The van der Waals surface area contributed by atoms with E-state index < -0.39 is 32.1 Å². The Morgan fingerprint density at radius 2 is 1.44 bits per heavy atom. The van der Waals surface area contributed by atoms with Crippen LogP contribution < -0.4 is 10.4 Å². The van der Waals surface area contributed by atoms with Crippen LogP contribution in [0.4, 0.5) is 0 Å². The molecule has 1 heterocycles. The number of ether oxygens (including phenoxy) is 1. The third-order valence-corrected chi connectivity index (χ3v) is 10.5. The van der Waals surface area contributed by atoms with E-state index >= 15 is 0 Å². The zero-order valence-electron chi connectivity index (χ0n) is 17.4. The quantitative estimate of drug-likeness (QED) is 0.548. The molecule has 0 saturated heterocycles. The van der Waals surface area contributed by atoms with Crippen LogP contribution in [-0.2, 0) is 14.8 Å². The van der Waals surface area contributed by atoms with E-state index in [0.717, 1.165) is 15.9 Å². The van der Waals surface area contributed by atoms with Gasteiger partial charge in [0.15, 0.2) is 0 Å². The third-order valence-electron chi connectivity index (χ3n) is 4.51. The van der Waals surface area contributed by atoms with Gasteiger partial charge in [0, 0.05) is 12.4 Å². The molecule has 1 aromatic carbocycles. The van der Waals surface area contributed by atoms with E-state index in [9.17, 15) is 13.2 Å². The van der Waals surface area contributed by atoms with Crippen molar-refractivity contribution < 1.29 is 17.9 Å². The predicted molar refractivity (Wildman–Crippen MR) is 115 cm³/mol. The maximum absolute atomic E-state index is 13.4. The summed E-state index contributed by atoms with van der Waals surface area (Å²) in [5.74, 6) is -0.653. The Labute approximate surface area is 164 Å². The van der Waals surface area contributed by atoms with Gasteiger partial charge in [0.25, 0.3) is 10.0 Å². The number of methoxy groups -OCH3 is 1. The largest absolute Gasteiger partial charge is 0.465 e. The number of nitrogens with zero attached hydrogens (tertiary/aromatic N) is 1. The number of rotatable bonds is 5. The minimum atomic E-state index is -3.90. The van der Waals surface area contributed by atoms with Crippen LogP contribution in [0.2, 0.25) is 39.3 Å². The second-order valence-electron chi connectivity index (χ2n) is 8.91. The molecule has 2 rings (SSSR count). The van der Waals surface area contributed by atoms with Crippen molar-refractivity contribution in [3.63, 3.8) is 0 Å². The van der Waals surface area contributed by atoms with Crippen molar-refractivity contribution in [3.05, 3.63) is 41.7 Å². The average molecular weight is 424 g/mol. The number of aryl methyl sites for hydroxylation is 1. The van der Waals surface area contributed by atoms with Crippen molar-refractivity contribution >= 4 is 42.5 Å². The lowest BCUT2D eigenvalue weighted by molar-refractivity contribution is 0.0596. The van der Waals surface area contributed by atoms with Crippen LogP contribution in [-0.4, -0.2) is 41.6 Å². The molecule has 0 N–H and O–H groups in total. The molecule has 27 heavy (non-hydrogen) atoms. The molecule has 0 fully saturated rings. The molecule has 0 aliphatic carbocycles. The zero-order chi connectivity index (χ0) is 20.8. The second kappa shape index (κ2) is 7.07. The van der Waals surface area contributed by atoms with Crippen LogP contribution in [0.15, 0.2) is 35.5 Å². The summed E-state index contributed by atoms with van der Waals surface area (Å²) in [5.41, 5.74) is 0.864. The molecule has 0 unspecified atom stereocenters. The number of benzene rings is 1. The summed E-state index contributed by atoms with van der Waals surface area (Å²) >= 11 is 0. The van der Waals surface area contributed by atoms with Crippen molar-refractivity contribution in [2.24, 2.45) is 0 Å². The van der Waals surface area contributed by atoms with Gasteiger partial charge in [-0.3, -0.25) is 0 Å². The number of hydrogen-bond donors (Lipinski definition) is 0. The number of carbonyl (C=O) groups is 1. The van der Waals surface area contributed by atoms with Gasteiger partial charge >= 0.3 is 5.97 Å². The molecule has 0 aliphatic rings. The van der Waals surface area contributed by atoms with Gasteiger partial charge in [-0.25, -0.2) is 17.2 Å². The van der Waals surface area contributed by atoms with E-state index in [1.54, 1.807) is 24.5 Å². The summed E-state index contributed by atoms with van der Waals surface area (Å²) in [7, 11) is -6.13. The molecule has 0 spiro atoms. The smallest absolute Gasteiger partial charge is 0.339 e. The second-order valence-corrected chi connectivity index (χ2v) is 20.8. The van der Waals surface area contributed by atoms with E-state index in [0.29, 0.717) is 0 Å². The maximum atomic E-state index is 13.4. The predicted octanol–water partition coefficient (Wildman–Crippen LogP) is 2.91. The van der Waals surface area contributed by atoms with Crippen LogP contribution in [0.3, 0.4) is 0 Å². The van der Waals surface area contributed by atoms with Gasteiger partial charge in [0.2, 0.25) is 0 Å². The highest BCUT2D eigenvalue weighted by molar-refractivity contribution is 7.90. The van der Waals surface area contributed by atoms with E-state index in [4.69, 9.17) is 4.74 Å². The Morgan fingerprint density at radius 3 is 1.85 bits per heavy atom. The molecule has 0 saturated carbocycles. The van der Waals surface area contributed by atoms with Crippen LogP contribution in [0.5, 0.6) is 0 Å². The maximum Gasteiger partial charge on any atom is 0.339 e. The SMILES string of the molecule is COC(=O)c1cc(C)ccc1S(=O)(=O)n1cc([Si](C)(C)C)c([Si](C)(C)C)c1. The summed E-state index contributed by atoms with van der Waals surface area (Å²) in [6.07, 6.45) is 3.52. The standard InChI is InChI=1S/C19H29NO4SSi2/c1-14-9-10-16(15(11-14)19(21)24-2)25(22,23)20-12-17(26(3,4)5)18(13-20)27(6,7)8/h9-13H,1-8H3. The first kappa shape index (κ1) is 21.7. The lowest BCUT2D eigenvalue weighted by Gasteiger charge is -2.23. The van der Waals surface area contributed by atoms with Crippen molar-refractivity contribution in [2.45, 2.75) is 51.1 Å². The first-order valence-electron chi connectivity index (χ1n) is 8.87. The van der Waals surface area contributed by atoms with E-state index in [2.05, 4.69) is 39.3 Å². The highest BCUT2D eigenvalue weighted by Gasteiger charge is 2.33. The molecular formula is C19H29NO4SSi2. The molecule has 148 valence electrons. The first-order valence-corrected chi connectivity index (χ1v) is 17.3. The summed E-state index contributed by atoms with van der Waals surface area (Å²) in [4.78, 5) is 12.1. The van der Waals surface area contributed by atoms with E-state index in [-0.39, 0.29) is 10.5 Å². The summed E-state index contributed by atoms with van der Waals surface area (Å²) in [6, 6.07) is 4.74. The monoisotopic (exact) mass is 423 g/mol. The summed E-state index contributed by atoms with van der Waals surface area (Å²) < 4.78 is 32.9. The van der Waals surface area contributed by atoms with Gasteiger partial charge in [-0.05, 0) is 29.4 Å². The van der Waals surface area contributed by atoms with Crippen molar-refractivity contribution in [1.82, 2.24) is 3.97 Å². The van der Waals surface area contributed by atoms with Gasteiger partial charge in [0.1, 0.15) is 4.90 Å². The lowest BCUT2D eigenvalue weighted by atomic mass is 10.1. The Morgan fingerprint density at radius 1 is 0.963 bits per heavy atom. The fourth-order valence-corrected chi connectivity index (χ4v) is 9.63. The molecule has 1 aromatic heterocycles. The van der Waals surface area contributed by atoms with Crippen molar-refractivity contribution in [2.75, 3.05) is 7.11 Å². The van der Waals surface area contributed by atoms with Crippen LogP contribution in [0.1, 0.15) is 15.9 Å². The molecular weight excluding hydrogens is 394 g/mol. The number of aromatic nitrogens is 1. The van der Waals surface area contributed by atoms with E-state index in [1.807, 2.05) is 6.92 Å². The molecule has 0 bridgehead atoms. The zero-order valence-corrected chi connectivity index (χ0v) is 20.2. The van der Waals surface area contributed by atoms with Gasteiger partial charge in [-0.15, -0.1) is 0 Å².